The Morgan fingerprint density at radius 2 is 1.78 bits per heavy atom. The van der Waals surface area contributed by atoms with Crippen LogP contribution in [0.3, 0.4) is 0 Å². The van der Waals surface area contributed by atoms with Gasteiger partial charge in [-0.1, -0.05) is 0 Å². The molecule has 0 aliphatic heterocycles. The molecule has 0 spiro atoms. The van der Waals surface area contributed by atoms with Crippen LogP contribution in [0.2, 0.25) is 0 Å². The zero-order valence-corrected chi connectivity index (χ0v) is 7.95. The monoisotopic (exact) mass is 154 g/mol. The Bertz CT molecular complexity index is 124. The molecule has 5 heteroatoms. The third-order valence-corrected chi connectivity index (χ3v) is 0.362. The van der Waals surface area contributed by atoms with Crippen LogP contribution in [0.15, 0.2) is 12.2 Å². The Balaban J connectivity index is 0. The topological polar surface area (TPSA) is 77.4 Å². The molecule has 0 aliphatic rings. The fourth-order valence-corrected chi connectivity index (χ4v) is 0.139. The SMILES string of the molecule is O=C([O-])/C=C/C(=O)O.[K+]. The number of carboxylic acid groups (broad SMARTS) is 2. The maximum absolute atomic E-state index is 9.53. The summed E-state index contributed by atoms with van der Waals surface area (Å²) in [4.78, 5) is 19.0. The summed E-state index contributed by atoms with van der Waals surface area (Å²) in [5.41, 5.74) is 0. The first-order chi connectivity index (χ1) is 3.63. The molecule has 0 aromatic carbocycles. The van der Waals surface area contributed by atoms with Crippen molar-refractivity contribution in [2.75, 3.05) is 0 Å². The molecule has 0 atom stereocenters. The van der Waals surface area contributed by atoms with Gasteiger partial charge in [0.25, 0.3) is 0 Å². The van der Waals surface area contributed by atoms with Crippen LogP contribution in [0.25, 0.3) is 0 Å². The Labute approximate surface area is 94.0 Å². The number of carbonyl (C=O) groups excluding carboxylic acids is 1. The predicted octanol–water partition coefficient (Wildman–Crippen LogP) is -4.62. The summed E-state index contributed by atoms with van der Waals surface area (Å²) in [6.45, 7) is 0. The van der Waals surface area contributed by atoms with Crippen molar-refractivity contribution in [3.05, 3.63) is 12.2 Å². The summed E-state index contributed by atoms with van der Waals surface area (Å²) in [5.74, 6) is -2.80. The Hall–Kier alpha value is 0.316. The first kappa shape index (κ1) is 12.0. The number of aliphatic carboxylic acids is 2. The average molecular weight is 154 g/mol. The maximum atomic E-state index is 9.53. The molecule has 0 rings (SSSR count). The van der Waals surface area contributed by atoms with Crippen LogP contribution in [0.1, 0.15) is 0 Å². The molecule has 0 bridgehead atoms. The van der Waals surface area contributed by atoms with E-state index in [1.807, 2.05) is 0 Å². The van der Waals surface area contributed by atoms with Gasteiger partial charge < -0.3 is 15.0 Å². The fourth-order valence-electron chi connectivity index (χ4n) is 0.139. The summed E-state index contributed by atoms with van der Waals surface area (Å²) < 4.78 is 0. The molecule has 0 aromatic rings. The number of carbonyl (C=O) groups is 2. The minimum absolute atomic E-state index is 0. The van der Waals surface area contributed by atoms with Crippen molar-refractivity contribution >= 4 is 11.9 Å². The number of hydrogen-bond acceptors (Lipinski definition) is 3. The normalized spacial score (nSPS) is 8.44. The minimum atomic E-state index is -1.51. The molecule has 4 nitrogen and oxygen atoms in total. The largest absolute Gasteiger partial charge is 1.00 e. The van der Waals surface area contributed by atoms with Gasteiger partial charge in [0.15, 0.2) is 0 Å². The van der Waals surface area contributed by atoms with Crippen LogP contribution in [-0.2, 0) is 9.59 Å². The van der Waals surface area contributed by atoms with Gasteiger partial charge in [-0.25, -0.2) is 4.79 Å². The molecule has 0 saturated carbocycles. The van der Waals surface area contributed by atoms with E-state index in [1.165, 1.54) is 0 Å². The summed E-state index contributed by atoms with van der Waals surface area (Å²) >= 11 is 0. The molecular weight excluding hydrogens is 151 g/mol. The van der Waals surface area contributed by atoms with E-state index in [0.717, 1.165) is 0 Å². The molecule has 0 radical (unpaired) electrons. The molecule has 0 saturated heterocycles. The predicted molar refractivity (Wildman–Crippen MR) is 21.8 cm³/mol. The zero-order chi connectivity index (χ0) is 6.57. The molecule has 0 fully saturated rings. The molecule has 0 aromatic heterocycles. The fraction of sp³-hybridized carbons (Fsp3) is 0. The summed E-state index contributed by atoms with van der Waals surface area (Å²) in [5, 5.41) is 17.2. The molecule has 0 unspecified atom stereocenters. The van der Waals surface area contributed by atoms with Crippen molar-refractivity contribution in [1.82, 2.24) is 0 Å². The Morgan fingerprint density at radius 3 is 1.89 bits per heavy atom. The van der Waals surface area contributed by atoms with Gasteiger partial charge in [-0.05, 0) is 6.08 Å². The second kappa shape index (κ2) is 6.44. The average Bonchev–Trinajstić information content (AvgIpc) is 1.61. The number of carboxylic acids is 2. The second-order valence-electron chi connectivity index (χ2n) is 0.991. The van der Waals surface area contributed by atoms with E-state index >= 15 is 0 Å². The van der Waals surface area contributed by atoms with Crippen LogP contribution < -0.4 is 56.5 Å². The van der Waals surface area contributed by atoms with Gasteiger partial charge in [-0.15, -0.1) is 0 Å². The van der Waals surface area contributed by atoms with Gasteiger partial charge in [-0.2, -0.15) is 0 Å². The Morgan fingerprint density at radius 1 is 1.33 bits per heavy atom. The molecule has 9 heavy (non-hydrogen) atoms. The van der Waals surface area contributed by atoms with Crippen LogP contribution >= 0.6 is 0 Å². The van der Waals surface area contributed by atoms with Crippen molar-refractivity contribution in [2.45, 2.75) is 0 Å². The third kappa shape index (κ3) is 11.7. The quantitative estimate of drug-likeness (QED) is 0.320. The zero-order valence-electron chi connectivity index (χ0n) is 4.83. The molecule has 0 aliphatic carbocycles. The van der Waals surface area contributed by atoms with Crippen molar-refractivity contribution < 1.29 is 71.2 Å². The van der Waals surface area contributed by atoms with E-state index in [4.69, 9.17) is 5.11 Å². The number of rotatable bonds is 2. The van der Waals surface area contributed by atoms with Gasteiger partial charge in [0.05, 0.1) is 5.97 Å². The summed E-state index contributed by atoms with van der Waals surface area (Å²) in [6.07, 6.45) is 0.942. The van der Waals surface area contributed by atoms with E-state index in [9.17, 15) is 14.7 Å². The van der Waals surface area contributed by atoms with E-state index in [2.05, 4.69) is 0 Å². The van der Waals surface area contributed by atoms with Gasteiger partial charge >= 0.3 is 57.4 Å². The van der Waals surface area contributed by atoms with Gasteiger partial charge in [0, 0.05) is 6.08 Å². The molecule has 44 valence electrons. The molecule has 0 amide bonds. The van der Waals surface area contributed by atoms with E-state index in [0.29, 0.717) is 12.2 Å². The maximum Gasteiger partial charge on any atom is 1.00 e. The molecule has 1 N–H and O–H groups in total. The van der Waals surface area contributed by atoms with Crippen molar-refractivity contribution in [3.63, 3.8) is 0 Å². The van der Waals surface area contributed by atoms with E-state index in [1.54, 1.807) is 0 Å². The van der Waals surface area contributed by atoms with Crippen LogP contribution in [-0.4, -0.2) is 17.0 Å². The van der Waals surface area contributed by atoms with Gasteiger partial charge in [0.1, 0.15) is 0 Å². The van der Waals surface area contributed by atoms with Crippen LogP contribution in [0, 0.1) is 0 Å². The third-order valence-electron chi connectivity index (χ3n) is 0.362. The molecular formula is C4H3KO4. The smallest absolute Gasteiger partial charge is 0.545 e. The first-order valence-corrected chi connectivity index (χ1v) is 1.75. The standard InChI is InChI=1S/C4H4O4.K/c5-3(6)1-2-4(7)8;/h1-2H,(H,5,6)(H,7,8);/q;+1/p-1/b2-1+;. The van der Waals surface area contributed by atoms with Gasteiger partial charge in [-0.3, -0.25) is 0 Å². The number of hydrogen-bond donors (Lipinski definition) is 1. The Kier molecular flexibility index (Phi) is 8.61. The summed E-state index contributed by atoms with van der Waals surface area (Å²) in [6, 6.07) is 0. The van der Waals surface area contributed by atoms with Crippen LogP contribution in [0.4, 0.5) is 0 Å². The van der Waals surface area contributed by atoms with Crippen molar-refractivity contribution in [1.29, 1.82) is 0 Å². The first-order valence-electron chi connectivity index (χ1n) is 1.75. The van der Waals surface area contributed by atoms with E-state index < -0.39 is 11.9 Å². The second-order valence-corrected chi connectivity index (χ2v) is 0.991. The van der Waals surface area contributed by atoms with Crippen molar-refractivity contribution in [3.8, 4) is 0 Å². The van der Waals surface area contributed by atoms with E-state index in [-0.39, 0.29) is 51.4 Å². The van der Waals surface area contributed by atoms with Crippen molar-refractivity contribution in [2.24, 2.45) is 0 Å². The molecule has 0 heterocycles. The van der Waals surface area contributed by atoms with Gasteiger partial charge in [0.2, 0.25) is 0 Å². The minimum Gasteiger partial charge on any atom is -0.545 e. The van der Waals surface area contributed by atoms with Crippen LogP contribution in [0.5, 0.6) is 0 Å². The summed E-state index contributed by atoms with van der Waals surface area (Å²) in [7, 11) is 0.